The van der Waals surface area contributed by atoms with Crippen molar-refractivity contribution in [1.29, 1.82) is 0 Å². The van der Waals surface area contributed by atoms with E-state index in [2.05, 4.69) is 61.8 Å². The van der Waals surface area contributed by atoms with Crippen LogP contribution in [0.15, 0.2) is 24.3 Å². The van der Waals surface area contributed by atoms with Crippen LogP contribution in [0.4, 0.5) is 0 Å². The molecule has 3 heteroatoms. The van der Waals surface area contributed by atoms with Gasteiger partial charge in [0.1, 0.15) is 0 Å². The Labute approximate surface area is 161 Å². The Morgan fingerprint density at radius 3 is 2.19 bits per heavy atom. The van der Waals surface area contributed by atoms with Crippen molar-refractivity contribution >= 4 is 0 Å². The first-order valence-electron chi connectivity index (χ1n) is 10.7. The fourth-order valence-corrected chi connectivity index (χ4v) is 3.47. The summed E-state index contributed by atoms with van der Waals surface area (Å²) in [6.07, 6.45) is 3.79. The minimum Gasteiger partial charge on any atom is -0.380 e. The normalized spacial score (nSPS) is 17.7. The first kappa shape index (κ1) is 21.4. The van der Waals surface area contributed by atoms with Crippen molar-refractivity contribution < 1.29 is 4.74 Å². The third-order valence-electron chi connectivity index (χ3n) is 5.75. The van der Waals surface area contributed by atoms with E-state index in [1.165, 1.54) is 56.6 Å². The van der Waals surface area contributed by atoms with Gasteiger partial charge in [0.2, 0.25) is 0 Å². The highest BCUT2D eigenvalue weighted by Crippen LogP contribution is 2.16. The molecule has 1 unspecified atom stereocenters. The summed E-state index contributed by atoms with van der Waals surface area (Å²) in [4.78, 5) is 5.13. The molecule has 1 heterocycles. The topological polar surface area (TPSA) is 15.7 Å². The van der Waals surface area contributed by atoms with Gasteiger partial charge in [0.05, 0.1) is 6.61 Å². The number of ether oxygens (including phenoxy) is 1. The minimum absolute atomic E-state index is 0.616. The quantitative estimate of drug-likeness (QED) is 0.529. The SMILES string of the molecule is CCC(C)CCCOCCN1CCN(Cc2ccc(C(C)C)cc2)CC1. The summed E-state index contributed by atoms with van der Waals surface area (Å²) >= 11 is 0. The molecule has 1 atom stereocenters. The zero-order valence-electron chi connectivity index (χ0n) is 17.5. The smallest absolute Gasteiger partial charge is 0.0593 e. The molecule has 0 radical (unpaired) electrons. The lowest BCUT2D eigenvalue weighted by atomic mass is 10.0. The van der Waals surface area contributed by atoms with Gasteiger partial charge in [-0.1, -0.05) is 58.4 Å². The number of rotatable bonds is 11. The Morgan fingerprint density at radius 1 is 0.923 bits per heavy atom. The molecule has 1 fully saturated rings. The first-order chi connectivity index (χ1) is 12.6. The molecule has 0 spiro atoms. The molecule has 1 saturated heterocycles. The molecule has 1 aliphatic rings. The molecular weight excluding hydrogens is 320 g/mol. The fourth-order valence-electron chi connectivity index (χ4n) is 3.47. The van der Waals surface area contributed by atoms with Gasteiger partial charge in [-0.05, 0) is 35.8 Å². The largest absolute Gasteiger partial charge is 0.380 e. The zero-order valence-corrected chi connectivity index (χ0v) is 17.5. The predicted octanol–water partition coefficient (Wildman–Crippen LogP) is 4.77. The lowest BCUT2D eigenvalue weighted by Gasteiger charge is -2.34. The maximum atomic E-state index is 5.83. The second-order valence-corrected chi connectivity index (χ2v) is 8.28. The van der Waals surface area contributed by atoms with Crippen LogP contribution in [0.2, 0.25) is 0 Å². The van der Waals surface area contributed by atoms with Crippen LogP contribution in [0.25, 0.3) is 0 Å². The Balaban J connectivity index is 1.56. The predicted molar refractivity (Wildman–Crippen MR) is 112 cm³/mol. The van der Waals surface area contributed by atoms with Crippen molar-refractivity contribution in [3.8, 4) is 0 Å². The second kappa shape index (κ2) is 11.7. The van der Waals surface area contributed by atoms with Crippen LogP contribution < -0.4 is 0 Å². The summed E-state index contributed by atoms with van der Waals surface area (Å²) in [6, 6.07) is 9.17. The summed E-state index contributed by atoms with van der Waals surface area (Å²) in [5.74, 6) is 1.46. The molecular formula is C23H40N2O. The molecule has 1 aliphatic heterocycles. The lowest BCUT2D eigenvalue weighted by Crippen LogP contribution is -2.46. The van der Waals surface area contributed by atoms with Crippen molar-refractivity contribution in [3.63, 3.8) is 0 Å². The van der Waals surface area contributed by atoms with E-state index in [0.29, 0.717) is 5.92 Å². The van der Waals surface area contributed by atoms with E-state index in [9.17, 15) is 0 Å². The molecule has 0 N–H and O–H groups in total. The molecule has 1 aromatic rings. The fraction of sp³-hybridized carbons (Fsp3) is 0.739. The molecule has 0 amide bonds. The van der Waals surface area contributed by atoms with Crippen LogP contribution in [0, 0.1) is 5.92 Å². The third kappa shape index (κ3) is 7.77. The van der Waals surface area contributed by atoms with Gasteiger partial charge < -0.3 is 4.74 Å². The average Bonchev–Trinajstić information content (AvgIpc) is 2.66. The van der Waals surface area contributed by atoms with E-state index < -0.39 is 0 Å². The van der Waals surface area contributed by atoms with Crippen LogP contribution in [0.1, 0.15) is 64.0 Å². The molecule has 148 valence electrons. The van der Waals surface area contributed by atoms with Crippen molar-refractivity contribution in [2.75, 3.05) is 45.9 Å². The first-order valence-corrected chi connectivity index (χ1v) is 10.7. The Hall–Kier alpha value is -0.900. The Morgan fingerprint density at radius 2 is 1.58 bits per heavy atom. The van der Waals surface area contributed by atoms with Gasteiger partial charge >= 0.3 is 0 Å². The maximum absolute atomic E-state index is 5.83. The van der Waals surface area contributed by atoms with Gasteiger partial charge in [-0.25, -0.2) is 0 Å². The average molecular weight is 361 g/mol. The Kier molecular flexibility index (Phi) is 9.66. The van der Waals surface area contributed by atoms with Crippen LogP contribution in [-0.2, 0) is 11.3 Å². The van der Waals surface area contributed by atoms with Crippen LogP contribution in [-0.4, -0.2) is 55.7 Å². The van der Waals surface area contributed by atoms with Gasteiger partial charge in [-0.3, -0.25) is 9.80 Å². The Bertz CT molecular complexity index is 477. The van der Waals surface area contributed by atoms with E-state index in [4.69, 9.17) is 4.74 Å². The van der Waals surface area contributed by atoms with Gasteiger partial charge in [0.15, 0.2) is 0 Å². The van der Waals surface area contributed by atoms with Gasteiger partial charge in [-0.2, -0.15) is 0 Å². The van der Waals surface area contributed by atoms with E-state index >= 15 is 0 Å². The van der Waals surface area contributed by atoms with E-state index in [0.717, 1.165) is 32.2 Å². The molecule has 3 nitrogen and oxygen atoms in total. The van der Waals surface area contributed by atoms with Crippen molar-refractivity contribution in [2.24, 2.45) is 5.92 Å². The number of hydrogen-bond donors (Lipinski definition) is 0. The second-order valence-electron chi connectivity index (χ2n) is 8.28. The molecule has 0 saturated carbocycles. The highest BCUT2D eigenvalue weighted by molar-refractivity contribution is 5.24. The van der Waals surface area contributed by atoms with Gasteiger partial charge in [-0.15, -0.1) is 0 Å². The van der Waals surface area contributed by atoms with Gasteiger partial charge in [0.25, 0.3) is 0 Å². The van der Waals surface area contributed by atoms with Crippen LogP contribution in [0.3, 0.4) is 0 Å². The molecule has 0 bridgehead atoms. The summed E-state index contributed by atoms with van der Waals surface area (Å²) in [5.41, 5.74) is 2.87. The van der Waals surface area contributed by atoms with Gasteiger partial charge in [0, 0.05) is 45.9 Å². The highest BCUT2D eigenvalue weighted by Gasteiger charge is 2.16. The number of piperazine rings is 1. The summed E-state index contributed by atoms with van der Waals surface area (Å²) in [6.45, 7) is 17.8. The lowest BCUT2D eigenvalue weighted by molar-refractivity contribution is 0.0710. The van der Waals surface area contributed by atoms with Crippen LogP contribution in [0.5, 0.6) is 0 Å². The minimum atomic E-state index is 0.616. The molecule has 2 rings (SSSR count). The molecule has 1 aromatic carbocycles. The van der Waals surface area contributed by atoms with E-state index in [1.54, 1.807) is 0 Å². The standard InChI is InChI=1S/C23H40N2O/c1-5-21(4)7-6-17-26-18-16-24-12-14-25(15-13-24)19-22-8-10-23(11-9-22)20(2)3/h8-11,20-21H,5-7,12-19H2,1-4H3. The summed E-state index contributed by atoms with van der Waals surface area (Å²) in [5, 5.41) is 0. The zero-order chi connectivity index (χ0) is 18.8. The van der Waals surface area contributed by atoms with Crippen LogP contribution >= 0.6 is 0 Å². The summed E-state index contributed by atoms with van der Waals surface area (Å²) in [7, 11) is 0. The molecule has 26 heavy (non-hydrogen) atoms. The van der Waals surface area contributed by atoms with Crippen molar-refractivity contribution in [2.45, 2.75) is 59.4 Å². The highest BCUT2D eigenvalue weighted by atomic mass is 16.5. The third-order valence-corrected chi connectivity index (χ3v) is 5.75. The van der Waals surface area contributed by atoms with Crippen molar-refractivity contribution in [1.82, 2.24) is 9.80 Å². The monoisotopic (exact) mass is 360 g/mol. The summed E-state index contributed by atoms with van der Waals surface area (Å²) < 4.78 is 5.83. The number of benzene rings is 1. The number of nitrogens with zero attached hydrogens (tertiary/aromatic N) is 2. The molecule has 0 aromatic heterocycles. The van der Waals surface area contributed by atoms with E-state index in [-0.39, 0.29) is 0 Å². The molecule has 0 aliphatic carbocycles. The maximum Gasteiger partial charge on any atom is 0.0593 e. The number of hydrogen-bond acceptors (Lipinski definition) is 3. The van der Waals surface area contributed by atoms with Crippen molar-refractivity contribution in [3.05, 3.63) is 35.4 Å². The van der Waals surface area contributed by atoms with E-state index in [1.807, 2.05) is 0 Å².